The van der Waals surface area contributed by atoms with Crippen LogP contribution < -0.4 is 5.56 Å². The summed E-state index contributed by atoms with van der Waals surface area (Å²) in [7, 11) is 0. The monoisotopic (exact) mass is 501 g/mol. The smallest absolute Gasteiger partial charge is 0.275 e. The molecule has 8 nitrogen and oxygen atoms in total. The number of carbonyl (C=O) groups excluding carboxylic acids is 1. The number of hydrogen-bond donors (Lipinski definition) is 2. The minimum Gasteiger partial charge on any atom is -0.493 e. The first-order valence-electron chi connectivity index (χ1n) is 11.1. The third kappa shape index (κ3) is 4.89. The molecule has 5 rings (SSSR count). The van der Waals surface area contributed by atoms with E-state index < -0.39 is 11.7 Å². The third-order valence-corrected chi connectivity index (χ3v) is 6.56. The molecule has 2 N–H and O–H groups in total. The van der Waals surface area contributed by atoms with Crippen LogP contribution in [0.1, 0.15) is 5.56 Å². The molecule has 2 aromatic heterocycles. The van der Waals surface area contributed by atoms with Crippen LogP contribution in [0.15, 0.2) is 93.0 Å². The van der Waals surface area contributed by atoms with Gasteiger partial charge in [0.2, 0.25) is 5.88 Å². The zero-order chi connectivity index (χ0) is 25.1. The number of hydrogen-bond acceptors (Lipinski definition) is 6. The summed E-state index contributed by atoms with van der Waals surface area (Å²) in [6, 6.07) is 20.8. The maximum Gasteiger partial charge on any atom is 0.275 e. The van der Waals surface area contributed by atoms with E-state index in [4.69, 9.17) is 0 Å². The van der Waals surface area contributed by atoms with E-state index in [1.807, 2.05) is 30.3 Å². The molecule has 5 aromatic rings. The van der Waals surface area contributed by atoms with Gasteiger partial charge in [-0.2, -0.15) is 0 Å². The van der Waals surface area contributed by atoms with Crippen molar-refractivity contribution in [2.24, 2.45) is 10.2 Å². The van der Waals surface area contributed by atoms with Crippen LogP contribution in [0.2, 0.25) is 0 Å². The summed E-state index contributed by atoms with van der Waals surface area (Å²) in [5, 5.41) is 18.8. The van der Waals surface area contributed by atoms with Crippen molar-refractivity contribution in [1.29, 1.82) is 0 Å². The Morgan fingerprint density at radius 1 is 1.06 bits per heavy atom. The second-order valence-electron chi connectivity index (χ2n) is 8.00. The lowest BCUT2D eigenvalue weighted by Crippen LogP contribution is -2.24. The number of benzene rings is 3. The lowest BCUT2D eigenvalue weighted by Gasteiger charge is -2.12. The Balaban J connectivity index is 1.38. The first-order valence-corrected chi connectivity index (χ1v) is 12.1. The number of halogens is 1. The van der Waals surface area contributed by atoms with Crippen molar-refractivity contribution in [1.82, 2.24) is 14.5 Å². The number of carbonyl (C=O) groups is 1. The van der Waals surface area contributed by atoms with Gasteiger partial charge in [0.1, 0.15) is 5.82 Å². The molecule has 0 unspecified atom stereocenters. The molecular formula is C26H20FN5O3S. The molecule has 0 fully saturated rings. The van der Waals surface area contributed by atoms with Gasteiger partial charge in [0.05, 0.1) is 22.2 Å². The molecule has 2 heterocycles. The van der Waals surface area contributed by atoms with Gasteiger partial charge in [-0.15, -0.1) is 10.2 Å². The first-order chi connectivity index (χ1) is 17.5. The number of nitrogens with one attached hydrogen (secondary N) is 1. The molecule has 1 amide bonds. The van der Waals surface area contributed by atoms with Gasteiger partial charge in [0.15, 0.2) is 10.8 Å². The van der Waals surface area contributed by atoms with E-state index in [1.165, 1.54) is 18.2 Å². The molecule has 0 bridgehead atoms. The third-order valence-electron chi connectivity index (χ3n) is 5.59. The fourth-order valence-electron chi connectivity index (χ4n) is 3.84. The highest BCUT2D eigenvalue weighted by Crippen LogP contribution is 2.35. The minimum absolute atomic E-state index is 0.0218. The average molecular weight is 502 g/mol. The summed E-state index contributed by atoms with van der Waals surface area (Å²) in [5.74, 6) is -1.54. The molecule has 0 saturated carbocycles. The van der Waals surface area contributed by atoms with Crippen molar-refractivity contribution in [3.8, 4) is 5.88 Å². The Morgan fingerprint density at radius 3 is 2.67 bits per heavy atom. The molecule has 0 aliphatic carbocycles. The van der Waals surface area contributed by atoms with Crippen LogP contribution in [0.5, 0.6) is 5.88 Å². The van der Waals surface area contributed by atoms with E-state index in [0.717, 1.165) is 17.3 Å². The average Bonchev–Trinajstić information content (AvgIpc) is 3.20. The lowest BCUT2D eigenvalue weighted by molar-refractivity contribution is -0.115. The van der Waals surface area contributed by atoms with Crippen molar-refractivity contribution in [2.75, 3.05) is 5.75 Å². The van der Waals surface area contributed by atoms with Gasteiger partial charge in [-0.1, -0.05) is 54.2 Å². The van der Waals surface area contributed by atoms with Crippen molar-refractivity contribution in [3.05, 3.63) is 94.5 Å². The molecule has 0 saturated heterocycles. The molecular weight excluding hydrogens is 481 g/mol. The van der Waals surface area contributed by atoms with E-state index in [1.54, 1.807) is 28.8 Å². The highest BCUT2D eigenvalue weighted by Gasteiger charge is 2.15. The van der Waals surface area contributed by atoms with Gasteiger partial charge in [0, 0.05) is 11.9 Å². The fraction of sp³-hybridized carbons (Fsp3) is 0.115. The van der Waals surface area contributed by atoms with Crippen LogP contribution in [-0.4, -0.2) is 31.3 Å². The fourth-order valence-corrected chi connectivity index (χ4v) is 4.64. The predicted octanol–water partition coefficient (Wildman–Crippen LogP) is 5.37. The summed E-state index contributed by atoms with van der Waals surface area (Å²) in [6.45, 7) is 0.396. The van der Waals surface area contributed by atoms with Gasteiger partial charge >= 0.3 is 0 Å². The van der Waals surface area contributed by atoms with E-state index in [9.17, 15) is 19.1 Å². The topological polar surface area (TPSA) is 113 Å². The standard InChI is InChI=1S/C26H20FN5O3S/c27-17-10-11-21-19(14-17)23(24(34)28-21)31-30-22(33)15-36-26-29-20-9-5-4-8-18(20)25(35)32(26)13-12-16-6-2-1-3-7-16/h1-11,14,28,34H,12-13,15H2. The minimum atomic E-state index is -0.595. The Kier molecular flexibility index (Phi) is 6.59. The number of aromatic nitrogens is 3. The number of para-hydroxylation sites is 1. The SMILES string of the molecule is O=C(CSc1nc2ccccc2c(=O)n1CCc1ccccc1)N=Nc1c(O)[nH]c2ccc(F)cc12. The summed E-state index contributed by atoms with van der Waals surface area (Å²) in [5.41, 5.74) is 1.88. The molecule has 0 atom stereocenters. The zero-order valence-corrected chi connectivity index (χ0v) is 19.7. The Labute approximate surface area is 208 Å². The van der Waals surface area contributed by atoms with E-state index in [0.29, 0.717) is 39.9 Å². The summed E-state index contributed by atoms with van der Waals surface area (Å²) in [4.78, 5) is 33.0. The van der Waals surface area contributed by atoms with E-state index >= 15 is 0 Å². The first kappa shape index (κ1) is 23.4. The number of aromatic hydroxyl groups is 1. The molecule has 0 aliphatic rings. The van der Waals surface area contributed by atoms with E-state index in [2.05, 4.69) is 20.2 Å². The van der Waals surface area contributed by atoms with Crippen molar-refractivity contribution >= 4 is 45.2 Å². The number of aromatic amines is 1. The summed E-state index contributed by atoms with van der Waals surface area (Å²) < 4.78 is 15.2. The van der Waals surface area contributed by atoms with Crippen molar-refractivity contribution in [3.63, 3.8) is 0 Å². The normalized spacial score (nSPS) is 11.6. The van der Waals surface area contributed by atoms with Crippen molar-refractivity contribution in [2.45, 2.75) is 18.1 Å². The molecule has 180 valence electrons. The number of amides is 1. The van der Waals surface area contributed by atoms with Crippen LogP contribution in [0.25, 0.3) is 21.8 Å². The van der Waals surface area contributed by atoms with E-state index in [-0.39, 0.29) is 22.9 Å². The molecule has 0 aliphatic heterocycles. The maximum atomic E-state index is 13.6. The zero-order valence-electron chi connectivity index (χ0n) is 18.9. The largest absolute Gasteiger partial charge is 0.493 e. The van der Waals surface area contributed by atoms with Gasteiger partial charge in [-0.3, -0.25) is 14.2 Å². The number of H-pyrrole nitrogens is 1. The quantitative estimate of drug-likeness (QED) is 0.177. The second-order valence-corrected chi connectivity index (χ2v) is 8.94. The number of aryl methyl sites for hydroxylation is 1. The Morgan fingerprint density at radius 2 is 1.83 bits per heavy atom. The van der Waals surface area contributed by atoms with Crippen LogP contribution in [0.3, 0.4) is 0 Å². The van der Waals surface area contributed by atoms with Gasteiger partial charge in [-0.25, -0.2) is 9.37 Å². The van der Waals surface area contributed by atoms with Gasteiger partial charge < -0.3 is 10.1 Å². The highest BCUT2D eigenvalue weighted by molar-refractivity contribution is 7.99. The maximum absolute atomic E-state index is 13.6. The Bertz CT molecular complexity index is 1660. The number of nitrogens with zero attached hydrogens (tertiary/aromatic N) is 4. The van der Waals surface area contributed by atoms with Gasteiger partial charge in [-0.05, 0) is 42.3 Å². The predicted molar refractivity (Wildman–Crippen MR) is 136 cm³/mol. The van der Waals surface area contributed by atoms with Gasteiger partial charge in [0.25, 0.3) is 11.5 Å². The summed E-state index contributed by atoms with van der Waals surface area (Å²) >= 11 is 1.09. The number of thioether (sulfide) groups is 1. The van der Waals surface area contributed by atoms with Crippen LogP contribution >= 0.6 is 11.8 Å². The molecule has 0 radical (unpaired) electrons. The lowest BCUT2D eigenvalue weighted by atomic mass is 10.1. The highest BCUT2D eigenvalue weighted by atomic mass is 32.2. The second kappa shape index (κ2) is 10.1. The Hall–Kier alpha value is -4.31. The molecule has 3 aromatic carbocycles. The molecule has 0 spiro atoms. The van der Waals surface area contributed by atoms with Crippen molar-refractivity contribution < 1.29 is 14.3 Å². The number of fused-ring (bicyclic) bond motifs is 2. The number of rotatable bonds is 7. The van der Waals surface area contributed by atoms with Crippen LogP contribution in [0, 0.1) is 5.82 Å². The molecule has 10 heteroatoms. The summed E-state index contributed by atoms with van der Waals surface area (Å²) in [6.07, 6.45) is 0.623. The molecule has 36 heavy (non-hydrogen) atoms. The number of azo groups is 1. The van der Waals surface area contributed by atoms with Crippen LogP contribution in [0.4, 0.5) is 10.1 Å². The van der Waals surface area contributed by atoms with Crippen LogP contribution in [-0.2, 0) is 17.8 Å².